The molecule has 0 bridgehead atoms. The monoisotopic (exact) mass is 414 g/mol. The van der Waals surface area contributed by atoms with Gasteiger partial charge in [-0.05, 0) is 42.3 Å². The minimum absolute atomic E-state index is 0.124. The molecule has 0 saturated carbocycles. The van der Waals surface area contributed by atoms with Crippen LogP contribution in [0.3, 0.4) is 0 Å². The molecule has 2 N–H and O–H groups in total. The fraction of sp³-hybridized carbons (Fsp3) is 0.200. The van der Waals surface area contributed by atoms with Crippen LogP contribution >= 0.6 is 11.3 Å². The van der Waals surface area contributed by atoms with Gasteiger partial charge >= 0.3 is 0 Å². The fourth-order valence-electron chi connectivity index (χ4n) is 2.49. The van der Waals surface area contributed by atoms with Crippen LogP contribution in [0.15, 0.2) is 52.8 Å². The molecule has 1 aromatic carbocycles. The van der Waals surface area contributed by atoms with Gasteiger partial charge in [-0.2, -0.15) is 0 Å². The SMILES string of the molecule is CC(C)c1csc(NC(=O)Cn2cccc(C(=O)Nc3ccc(F)cc3)c2=O)n1. The summed E-state index contributed by atoms with van der Waals surface area (Å²) >= 11 is 1.31. The first-order valence-corrected chi connectivity index (χ1v) is 9.73. The molecule has 0 fully saturated rings. The van der Waals surface area contributed by atoms with Crippen molar-refractivity contribution < 1.29 is 14.0 Å². The van der Waals surface area contributed by atoms with E-state index in [1.54, 1.807) is 0 Å². The van der Waals surface area contributed by atoms with Crippen LogP contribution < -0.4 is 16.2 Å². The van der Waals surface area contributed by atoms with Crippen molar-refractivity contribution in [3.8, 4) is 0 Å². The number of pyridine rings is 1. The molecule has 29 heavy (non-hydrogen) atoms. The van der Waals surface area contributed by atoms with Crippen LogP contribution in [0.1, 0.15) is 35.8 Å². The van der Waals surface area contributed by atoms with Gasteiger partial charge in [0.1, 0.15) is 17.9 Å². The lowest BCUT2D eigenvalue weighted by Crippen LogP contribution is -2.32. The molecule has 3 rings (SSSR count). The normalized spacial score (nSPS) is 10.8. The van der Waals surface area contributed by atoms with E-state index in [2.05, 4.69) is 15.6 Å². The summed E-state index contributed by atoms with van der Waals surface area (Å²) < 4.78 is 14.1. The standard InChI is InChI=1S/C20H19FN4O3S/c1-12(2)16-11-29-20(23-16)24-17(26)10-25-9-3-4-15(19(25)28)18(27)22-14-7-5-13(21)6-8-14/h3-9,11-12H,10H2,1-2H3,(H,22,27)(H,23,24,26). The summed E-state index contributed by atoms with van der Waals surface area (Å²) in [6, 6.07) is 8.06. The Morgan fingerprint density at radius 1 is 1.17 bits per heavy atom. The second-order valence-electron chi connectivity index (χ2n) is 6.60. The van der Waals surface area contributed by atoms with E-state index in [-0.39, 0.29) is 18.0 Å². The Bertz CT molecular complexity index is 1090. The van der Waals surface area contributed by atoms with Crippen LogP contribution in [0.25, 0.3) is 0 Å². The Kier molecular flexibility index (Phi) is 6.18. The van der Waals surface area contributed by atoms with Gasteiger partial charge in [-0.1, -0.05) is 13.8 Å². The number of anilines is 2. The molecule has 0 saturated heterocycles. The van der Waals surface area contributed by atoms with Crippen molar-refractivity contribution in [3.63, 3.8) is 0 Å². The Morgan fingerprint density at radius 2 is 1.90 bits per heavy atom. The molecule has 0 unspecified atom stereocenters. The van der Waals surface area contributed by atoms with E-state index in [1.807, 2.05) is 19.2 Å². The number of rotatable bonds is 6. The minimum atomic E-state index is -0.641. The summed E-state index contributed by atoms with van der Waals surface area (Å²) in [7, 11) is 0. The van der Waals surface area contributed by atoms with E-state index in [4.69, 9.17) is 0 Å². The summed E-state index contributed by atoms with van der Waals surface area (Å²) in [4.78, 5) is 41.6. The van der Waals surface area contributed by atoms with Crippen molar-refractivity contribution in [3.05, 3.63) is 75.4 Å². The zero-order valence-electron chi connectivity index (χ0n) is 15.8. The molecule has 150 valence electrons. The number of benzene rings is 1. The molecular formula is C20H19FN4O3S. The Balaban J connectivity index is 1.70. The third kappa shape index (κ3) is 5.14. The van der Waals surface area contributed by atoms with E-state index in [0.717, 1.165) is 10.3 Å². The van der Waals surface area contributed by atoms with Crippen molar-refractivity contribution in [2.75, 3.05) is 10.6 Å². The van der Waals surface area contributed by atoms with Gasteiger partial charge in [0.15, 0.2) is 5.13 Å². The lowest BCUT2D eigenvalue weighted by atomic mass is 10.2. The molecule has 2 aromatic heterocycles. The van der Waals surface area contributed by atoms with Gasteiger partial charge in [0.25, 0.3) is 11.5 Å². The van der Waals surface area contributed by atoms with Crippen LogP contribution in [-0.2, 0) is 11.3 Å². The molecule has 0 aliphatic carbocycles. The largest absolute Gasteiger partial charge is 0.322 e. The first kappa shape index (κ1) is 20.4. The lowest BCUT2D eigenvalue weighted by Gasteiger charge is -2.09. The van der Waals surface area contributed by atoms with Crippen LogP contribution in [0.4, 0.5) is 15.2 Å². The van der Waals surface area contributed by atoms with Crippen LogP contribution in [0.5, 0.6) is 0 Å². The fourth-order valence-corrected chi connectivity index (χ4v) is 3.38. The van der Waals surface area contributed by atoms with E-state index in [0.29, 0.717) is 10.8 Å². The molecule has 0 aliphatic rings. The molecule has 9 heteroatoms. The van der Waals surface area contributed by atoms with Gasteiger partial charge < -0.3 is 15.2 Å². The topological polar surface area (TPSA) is 93.1 Å². The maximum absolute atomic E-state index is 13.0. The third-order valence-corrected chi connectivity index (χ3v) is 4.82. The highest BCUT2D eigenvalue weighted by Gasteiger charge is 2.15. The van der Waals surface area contributed by atoms with E-state index in [1.165, 1.54) is 53.9 Å². The summed E-state index contributed by atoms with van der Waals surface area (Å²) in [5.74, 6) is -1.25. The van der Waals surface area contributed by atoms with Crippen LogP contribution in [-0.4, -0.2) is 21.4 Å². The Labute approximate surface area is 170 Å². The van der Waals surface area contributed by atoms with Crippen molar-refractivity contribution in [2.24, 2.45) is 0 Å². The average Bonchev–Trinajstić information content (AvgIpc) is 3.14. The van der Waals surface area contributed by atoms with Crippen molar-refractivity contribution in [2.45, 2.75) is 26.3 Å². The smallest absolute Gasteiger partial charge is 0.263 e. The highest BCUT2D eigenvalue weighted by atomic mass is 32.1. The Morgan fingerprint density at radius 3 is 2.55 bits per heavy atom. The number of hydrogen-bond acceptors (Lipinski definition) is 5. The van der Waals surface area contributed by atoms with Gasteiger partial charge in [0.05, 0.1) is 5.69 Å². The highest BCUT2D eigenvalue weighted by Crippen LogP contribution is 2.21. The van der Waals surface area contributed by atoms with Gasteiger partial charge in [-0.25, -0.2) is 9.37 Å². The van der Waals surface area contributed by atoms with E-state index in [9.17, 15) is 18.8 Å². The zero-order valence-corrected chi connectivity index (χ0v) is 16.6. The van der Waals surface area contributed by atoms with Crippen molar-refractivity contribution >= 4 is 34.0 Å². The molecule has 0 atom stereocenters. The van der Waals surface area contributed by atoms with E-state index < -0.39 is 23.2 Å². The summed E-state index contributed by atoms with van der Waals surface area (Å²) in [5.41, 5.74) is 0.501. The molecule has 0 aliphatic heterocycles. The average molecular weight is 414 g/mol. The van der Waals surface area contributed by atoms with Gasteiger partial charge in [0.2, 0.25) is 5.91 Å². The van der Waals surface area contributed by atoms with Gasteiger partial charge in [-0.3, -0.25) is 14.4 Å². The number of nitrogens with one attached hydrogen (secondary N) is 2. The lowest BCUT2D eigenvalue weighted by molar-refractivity contribution is -0.116. The predicted molar refractivity (Wildman–Crippen MR) is 110 cm³/mol. The summed E-state index contributed by atoms with van der Waals surface area (Å²) in [6.45, 7) is 3.75. The number of carbonyl (C=O) groups excluding carboxylic acids is 2. The van der Waals surface area contributed by atoms with Crippen molar-refractivity contribution in [1.82, 2.24) is 9.55 Å². The predicted octanol–water partition coefficient (Wildman–Crippen LogP) is 3.46. The minimum Gasteiger partial charge on any atom is -0.322 e. The van der Waals surface area contributed by atoms with Gasteiger partial charge in [-0.15, -0.1) is 11.3 Å². The molecule has 0 radical (unpaired) electrons. The molecule has 2 amide bonds. The molecule has 3 aromatic rings. The van der Waals surface area contributed by atoms with Crippen molar-refractivity contribution in [1.29, 1.82) is 0 Å². The first-order valence-electron chi connectivity index (χ1n) is 8.85. The number of nitrogens with zero attached hydrogens (tertiary/aromatic N) is 2. The molecular weight excluding hydrogens is 395 g/mol. The highest BCUT2D eigenvalue weighted by molar-refractivity contribution is 7.13. The second-order valence-corrected chi connectivity index (χ2v) is 7.45. The number of amides is 2. The van der Waals surface area contributed by atoms with Crippen LogP contribution in [0, 0.1) is 5.82 Å². The number of aromatic nitrogens is 2. The quantitative estimate of drug-likeness (QED) is 0.646. The number of halogens is 1. The maximum atomic E-state index is 13.0. The zero-order chi connectivity index (χ0) is 21.0. The number of carbonyl (C=O) groups is 2. The van der Waals surface area contributed by atoms with Gasteiger partial charge in [0, 0.05) is 17.3 Å². The first-order chi connectivity index (χ1) is 13.8. The second kappa shape index (κ2) is 8.78. The maximum Gasteiger partial charge on any atom is 0.263 e. The van der Waals surface area contributed by atoms with E-state index >= 15 is 0 Å². The Hall–Kier alpha value is -3.33. The molecule has 7 nitrogen and oxygen atoms in total. The number of hydrogen-bond donors (Lipinski definition) is 2. The summed E-state index contributed by atoms with van der Waals surface area (Å²) in [5, 5.41) is 7.51. The molecule has 0 spiro atoms. The van der Waals surface area contributed by atoms with Crippen LogP contribution in [0.2, 0.25) is 0 Å². The summed E-state index contributed by atoms with van der Waals surface area (Å²) in [6.07, 6.45) is 1.43. The third-order valence-electron chi connectivity index (χ3n) is 4.04. The number of thiazole rings is 1. The molecule has 2 heterocycles.